The third kappa shape index (κ3) is 5.51. The number of benzene rings is 1. The minimum atomic E-state index is -3.33. The summed E-state index contributed by atoms with van der Waals surface area (Å²) in [5, 5.41) is 2.68. The summed E-state index contributed by atoms with van der Waals surface area (Å²) in [6, 6.07) is 7.60. The van der Waals surface area contributed by atoms with E-state index in [0.717, 1.165) is 25.8 Å². The van der Waals surface area contributed by atoms with Crippen LogP contribution in [0.4, 0.5) is 5.69 Å². The van der Waals surface area contributed by atoms with Crippen molar-refractivity contribution in [3.63, 3.8) is 0 Å². The van der Waals surface area contributed by atoms with E-state index in [0.29, 0.717) is 12.2 Å². The number of sulfonamides is 1. The maximum Gasteiger partial charge on any atom is 0.236 e. The van der Waals surface area contributed by atoms with E-state index < -0.39 is 15.3 Å². The third-order valence-electron chi connectivity index (χ3n) is 3.14. The zero-order valence-electron chi connectivity index (χ0n) is 12.6. The lowest BCUT2D eigenvalue weighted by Crippen LogP contribution is -2.35. The maximum atomic E-state index is 12.2. The van der Waals surface area contributed by atoms with E-state index in [1.807, 2.05) is 24.3 Å². The van der Waals surface area contributed by atoms with Crippen LogP contribution in [-0.2, 0) is 16.4 Å². The van der Waals surface area contributed by atoms with Crippen LogP contribution in [0.5, 0.6) is 0 Å². The van der Waals surface area contributed by atoms with Gasteiger partial charge in [0, 0.05) is 12.2 Å². The molecule has 0 saturated heterocycles. The molecule has 4 nitrogen and oxygen atoms in total. The first kappa shape index (κ1) is 17.0. The van der Waals surface area contributed by atoms with E-state index in [9.17, 15) is 8.42 Å². The number of aryl methyl sites for hydroxylation is 1. The molecule has 20 heavy (non-hydrogen) atoms. The maximum absolute atomic E-state index is 12.2. The lowest BCUT2D eigenvalue weighted by Gasteiger charge is -2.15. The molecule has 0 fully saturated rings. The van der Waals surface area contributed by atoms with Crippen LogP contribution in [-0.4, -0.2) is 26.8 Å². The van der Waals surface area contributed by atoms with Gasteiger partial charge in [-0.25, -0.2) is 8.42 Å². The number of anilines is 1. The molecule has 2 N–H and O–H groups in total. The van der Waals surface area contributed by atoms with E-state index in [4.69, 9.17) is 0 Å². The van der Waals surface area contributed by atoms with Crippen molar-refractivity contribution in [2.24, 2.45) is 0 Å². The van der Waals surface area contributed by atoms with Crippen molar-refractivity contribution in [3.05, 3.63) is 29.8 Å². The van der Waals surface area contributed by atoms with Gasteiger partial charge in [-0.15, -0.1) is 0 Å². The molecule has 114 valence electrons. The van der Waals surface area contributed by atoms with Crippen molar-refractivity contribution in [1.29, 1.82) is 0 Å². The fourth-order valence-corrected chi connectivity index (χ4v) is 2.89. The molecule has 0 aromatic heterocycles. The predicted octanol–water partition coefficient (Wildman–Crippen LogP) is 2.77. The molecule has 1 aromatic carbocycles. The number of hydrogen-bond donors (Lipinski definition) is 2. The summed E-state index contributed by atoms with van der Waals surface area (Å²) < 4.78 is 27.0. The SMILES string of the molecule is CCCNCC(C)S(=O)(=O)Nc1ccc(CCC)cc1. The highest BCUT2D eigenvalue weighted by Crippen LogP contribution is 2.14. The van der Waals surface area contributed by atoms with Gasteiger partial charge >= 0.3 is 0 Å². The van der Waals surface area contributed by atoms with E-state index in [1.54, 1.807) is 6.92 Å². The van der Waals surface area contributed by atoms with Crippen LogP contribution in [0.1, 0.15) is 39.2 Å². The molecule has 0 aliphatic rings. The van der Waals surface area contributed by atoms with Gasteiger partial charge in [-0.1, -0.05) is 32.4 Å². The Hall–Kier alpha value is -1.07. The molecule has 1 aromatic rings. The molecule has 0 amide bonds. The average molecular weight is 298 g/mol. The van der Waals surface area contributed by atoms with Crippen LogP contribution >= 0.6 is 0 Å². The molecule has 0 aliphatic heterocycles. The van der Waals surface area contributed by atoms with Crippen LogP contribution in [0.25, 0.3) is 0 Å². The van der Waals surface area contributed by atoms with Crippen LogP contribution in [0, 0.1) is 0 Å². The molecule has 1 rings (SSSR count). The number of hydrogen-bond acceptors (Lipinski definition) is 3. The standard InChI is InChI=1S/C15H26N2O2S/c1-4-6-14-7-9-15(10-8-14)17-20(18,19)13(3)12-16-11-5-2/h7-10,13,16-17H,4-6,11-12H2,1-3H3. The summed E-state index contributed by atoms with van der Waals surface area (Å²) in [6.45, 7) is 7.21. The Morgan fingerprint density at radius 1 is 1.10 bits per heavy atom. The second-order valence-electron chi connectivity index (χ2n) is 5.11. The summed E-state index contributed by atoms with van der Waals surface area (Å²) >= 11 is 0. The van der Waals surface area contributed by atoms with Gasteiger partial charge in [-0.3, -0.25) is 4.72 Å². The van der Waals surface area contributed by atoms with Crippen LogP contribution in [0.3, 0.4) is 0 Å². The van der Waals surface area contributed by atoms with E-state index in [2.05, 4.69) is 23.9 Å². The van der Waals surface area contributed by atoms with Gasteiger partial charge in [0.2, 0.25) is 10.0 Å². The zero-order valence-corrected chi connectivity index (χ0v) is 13.5. The highest BCUT2D eigenvalue weighted by Gasteiger charge is 2.19. The van der Waals surface area contributed by atoms with Crippen LogP contribution in [0.2, 0.25) is 0 Å². The minimum Gasteiger partial charge on any atom is -0.315 e. The van der Waals surface area contributed by atoms with Crippen molar-refractivity contribution in [2.45, 2.75) is 45.3 Å². The molecule has 0 radical (unpaired) electrons. The first-order chi connectivity index (χ1) is 9.49. The fraction of sp³-hybridized carbons (Fsp3) is 0.600. The van der Waals surface area contributed by atoms with Crippen LogP contribution < -0.4 is 10.0 Å². The quantitative estimate of drug-likeness (QED) is 0.689. The van der Waals surface area contributed by atoms with Crippen molar-refractivity contribution < 1.29 is 8.42 Å². The second-order valence-corrected chi connectivity index (χ2v) is 7.21. The molecule has 1 unspecified atom stereocenters. The monoisotopic (exact) mass is 298 g/mol. The van der Waals surface area contributed by atoms with Gasteiger partial charge in [0.1, 0.15) is 0 Å². The first-order valence-corrected chi connectivity index (χ1v) is 8.85. The van der Waals surface area contributed by atoms with Crippen molar-refractivity contribution in [1.82, 2.24) is 5.32 Å². The summed E-state index contributed by atoms with van der Waals surface area (Å²) in [5.74, 6) is 0. The lowest BCUT2D eigenvalue weighted by atomic mass is 10.1. The molecule has 0 saturated carbocycles. The average Bonchev–Trinajstić information content (AvgIpc) is 2.41. The molecule has 0 heterocycles. The molecule has 5 heteroatoms. The Kier molecular flexibility index (Phi) is 7.02. The van der Waals surface area contributed by atoms with E-state index >= 15 is 0 Å². The van der Waals surface area contributed by atoms with Crippen molar-refractivity contribution in [3.8, 4) is 0 Å². The van der Waals surface area contributed by atoms with E-state index in [-0.39, 0.29) is 0 Å². The molecule has 0 bridgehead atoms. The molecular formula is C15H26N2O2S. The Morgan fingerprint density at radius 3 is 2.30 bits per heavy atom. The Labute approximate surface area is 123 Å². The predicted molar refractivity (Wildman–Crippen MR) is 85.6 cm³/mol. The minimum absolute atomic E-state index is 0.454. The van der Waals surface area contributed by atoms with Gasteiger partial charge in [-0.05, 0) is 44.0 Å². The lowest BCUT2D eigenvalue weighted by molar-refractivity contribution is 0.576. The second kappa shape index (κ2) is 8.27. The van der Waals surface area contributed by atoms with Crippen molar-refractivity contribution in [2.75, 3.05) is 17.8 Å². The largest absolute Gasteiger partial charge is 0.315 e. The summed E-state index contributed by atoms with van der Waals surface area (Å²) in [4.78, 5) is 0. The fourth-order valence-electron chi connectivity index (χ4n) is 1.88. The van der Waals surface area contributed by atoms with Gasteiger partial charge in [0.25, 0.3) is 0 Å². The summed E-state index contributed by atoms with van der Waals surface area (Å²) in [7, 11) is -3.33. The number of rotatable bonds is 9. The van der Waals surface area contributed by atoms with Gasteiger partial charge < -0.3 is 5.32 Å². The van der Waals surface area contributed by atoms with Gasteiger partial charge in [0.15, 0.2) is 0 Å². The van der Waals surface area contributed by atoms with Gasteiger partial charge in [0.05, 0.1) is 5.25 Å². The highest BCUT2D eigenvalue weighted by atomic mass is 32.2. The topological polar surface area (TPSA) is 58.2 Å². The number of nitrogens with one attached hydrogen (secondary N) is 2. The zero-order chi connectivity index (χ0) is 15.0. The molecule has 0 spiro atoms. The normalized spacial score (nSPS) is 13.2. The molecule has 0 aliphatic carbocycles. The van der Waals surface area contributed by atoms with Crippen molar-refractivity contribution >= 4 is 15.7 Å². The van der Waals surface area contributed by atoms with Gasteiger partial charge in [-0.2, -0.15) is 0 Å². The Bertz CT molecular complexity index is 483. The van der Waals surface area contributed by atoms with E-state index in [1.165, 1.54) is 5.56 Å². The third-order valence-corrected chi connectivity index (χ3v) is 4.89. The molecular weight excluding hydrogens is 272 g/mol. The van der Waals surface area contributed by atoms with Crippen LogP contribution in [0.15, 0.2) is 24.3 Å². The molecule has 1 atom stereocenters. The first-order valence-electron chi connectivity index (χ1n) is 7.30. The summed E-state index contributed by atoms with van der Waals surface area (Å²) in [6.07, 6.45) is 3.11. The highest BCUT2D eigenvalue weighted by molar-refractivity contribution is 7.93. The Balaban J connectivity index is 2.60. The smallest absolute Gasteiger partial charge is 0.236 e. The Morgan fingerprint density at radius 2 is 1.75 bits per heavy atom. The summed E-state index contributed by atoms with van der Waals surface area (Å²) in [5.41, 5.74) is 1.86.